The molecule has 2 aromatic carbocycles. The molecule has 0 N–H and O–H groups in total. The first-order valence-corrected chi connectivity index (χ1v) is 11.6. The summed E-state index contributed by atoms with van der Waals surface area (Å²) in [5.41, 5.74) is 1.65. The molecule has 176 valence electrons. The van der Waals surface area contributed by atoms with Gasteiger partial charge in [-0.2, -0.15) is 4.98 Å². The molecule has 0 spiro atoms. The average Bonchev–Trinajstić information content (AvgIpc) is 3.47. The van der Waals surface area contributed by atoms with Gasteiger partial charge < -0.3 is 13.7 Å². The normalized spacial score (nSPS) is 15.0. The van der Waals surface area contributed by atoms with Gasteiger partial charge in [-0.05, 0) is 48.6 Å². The van der Waals surface area contributed by atoms with Crippen molar-refractivity contribution in [2.24, 2.45) is 0 Å². The van der Waals surface area contributed by atoms with E-state index in [0.29, 0.717) is 46.4 Å². The van der Waals surface area contributed by atoms with Crippen LogP contribution < -0.4 is 4.74 Å². The molecule has 1 aliphatic heterocycles. The topological polar surface area (TPSA) is 85.6 Å². The monoisotopic (exact) mass is 498 g/mol. The first kappa shape index (κ1) is 22.7. The summed E-state index contributed by atoms with van der Waals surface area (Å²) >= 11 is 11.4. The molecule has 0 saturated carbocycles. The van der Waals surface area contributed by atoms with Crippen molar-refractivity contribution in [2.75, 3.05) is 33.3 Å². The highest BCUT2D eigenvalue weighted by Gasteiger charge is 2.21. The molecule has 1 saturated heterocycles. The summed E-state index contributed by atoms with van der Waals surface area (Å²) in [6.07, 6.45) is 0. The van der Waals surface area contributed by atoms with Crippen LogP contribution in [0.2, 0.25) is 5.02 Å². The fourth-order valence-corrected chi connectivity index (χ4v) is 4.13. The summed E-state index contributed by atoms with van der Waals surface area (Å²) in [6.45, 7) is 4.61. The van der Waals surface area contributed by atoms with Gasteiger partial charge in [-0.15, -0.1) is 5.10 Å². The van der Waals surface area contributed by atoms with Crippen LogP contribution in [0.15, 0.2) is 57.5 Å². The predicted octanol–water partition coefficient (Wildman–Crippen LogP) is 4.36. The number of methoxy groups -OCH3 is 1. The van der Waals surface area contributed by atoms with Crippen molar-refractivity contribution in [1.82, 2.24) is 29.7 Å². The highest BCUT2D eigenvalue weighted by molar-refractivity contribution is 7.71. The number of hydrogen-bond donors (Lipinski definition) is 0. The first-order valence-electron chi connectivity index (χ1n) is 10.8. The van der Waals surface area contributed by atoms with Crippen LogP contribution in [0.3, 0.4) is 0 Å². The van der Waals surface area contributed by atoms with Crippen LogP contribution >= 0.6 is 23.8 Å². The van der Waals surface area contributed by atoms with Crippen LogP contribution in [0.5, 0.6) is 5.75 Å². The molecule has 5 rings (SSSR count). The Kier molecular flexibility index (Phi) is 6.73. The second-order valence-corrected chi connectivity index (χ2v) is 8.71. The fraction of sp³-hybridized carbons (Fsp3) is 0.304. The zero-order valence-electron chi connectivity index (χ0n) is 18.6. The minimum Gasteiger partial charge on any atom is -0.496 e. The predicted molar refractivity (Wildman–Crippen MR) is 129 cm³/mol. The van der Waals surface area contributed by atoms with Gasteiger partial charge in [0.15, 0.2) is 0 Å². The minimum absolute atomic E-state index is 0.337. The van der Waals surface area contributed by atoms with Crippen molar-refractivity contribution >= 4 is 23.8 Å². The molecule has 0 aliphatic carbocycles. The summed E-state index contributed by atoms with van der Waals surface area (Å²) in [7, 11) is 1.62. The van der Waals surface area contributed by atoms with Crippen molar-refractivity contribution in [3.05, 3.63) is 64.3 Å². The standard InChI is InChI=1S/C23H23ClN6O3S/c1-31-19-5-3-2-4-18(19)22-26-30(23(34)32-22)15-29-12-10-28(11-13-29)14-20-25-21(27-33-20)16-6-8-17(24)9-7-16/h2-9H,10-15H2,1H3. The van der Waals surface area contributed by atoms with E-state index in [1.54, 1.807) is 11.8 Å². The highest BCUT2D eigenvalue weighted by Crippen LogP contribution is 2.28. The van der Waals surface area contributed by atoms with Gasteiger partial charge in [0.05, 0.1) is 25.9 Å². The van der Waals surface area contributed by atoms with Crippen molar-refractivity contribution < 1.29 is 13.7 Å². The number of nitrogens with zero attached hydrogens (tertiary/aromatic N) is 6. The third-order valence-electron chi connectivity index (χ3n) is 5.67. The van der Waals surface area contributed by atoms with Crippen LogP contribution in [0.1, 0.15) is 5.89 Å². The molecule has 4 aromatic rings. The van der Waals surface area contributed by atoms with Crippen LogP contribution in [-0.2, 0) is 13.2 Å². The van der Waals surface area contributed by atoms with E-state index >= 15 is 0 Å². The third-order valence-corrected chi connectivity index (χ3v) is 6.22. The molecule has 3 heterocycles. The molecular formula is C23H23ClN6O3S. The average molecular weight is 499 g/mol. The summed E-state index contributed by atoms with van der Waals surface area (Å²) in [5.74, 6) is 2.31. The number of halogens is 1. The molecule has 0 radical (unpaired) electrons. The second-order valence-electron chi connectivity index (χ2n) is 7.93. The Morgan fingerprint density at radius 1 is 1.03 bits per heavy atom. The van der Waals surface area contributed by atoms with Gasteiger partial charge in [-0.25, -0.2) is 4.68 Å². The SMILES string of the molecule is COc1ccccc1-c1nn(CN2CCN(Cc3nc(-c4ccc(Cl)cc4)no3)CC2)c(=S)o1. The largest absolute Gasteiger partial charge is 0.496 e. The Labute approximate surface area is 206 Å². The van der Waals surface area contributed by atoms with E-state index in [1.807, 2.05) is 48.5 Å². The lowest BCUT2D eigenvalue weighted by Gasteiger charge is -2.33. The molecule has 0 amide bonds. The van der Waals surface area contributed by atoms with Crippen LogP contribution in [0.25, 0.3) is 22.8 Å². The van der Waals surface area contributed by atoms with Gasteiger partial charge >= 0.3 is 0 Å². The molecular weight excluding hydrogens is 476 g/mol. The first-order chi connectivity index (χ1) is 16.6. The maximum absolute atomic E-state index is 5.95. The Balaban J connectivity index is 1.17. The lowest BCUT2D eigenvalue weighted by molar-refractivity contribution is 0.0902. The van der Waals surface area contributed by atoms with Crippen molar-refractivity contribution in [1.29, 1.82) is 0 Å². The van der Waals surface area contributed by atoms with E-state index < -0.39 is 0 Å². The van der Waals surface area contributed by atoms with Crippen LogP contribution in [0, 0.1) is 4.84 Å². The Bertz CT molecular complexity index is 1310. The molecule has 0 bridgehead atoms. The molecule has 0 atom stereocenters. The lowest BCUT2D eigenvalue weighted by atomic mass is 10.2. The highest BCUT2D eigenvalue weighted by atomic mass is 35.5. The van der Waals surface area contributed by atoms with E-state index in [4.69, 9.17) is 37.5 Å². The van der Waals surface area contributed by atoms with Crippen LogP contribution in [0.4, 0.5) is 0 Å². The number of aromatic nitrogens is 4. The third kappa shape index (κ3) is 5.05. The van der Waals surface area contributed by atoms with Gasteiger partial charge in [0.25, 0.3) is 10.7 Å². The quantitative estimate of drug-likeness (QED) is 0.345. The fourth-order valence-electron chi connectivity index (χ4n) is 3.83. The van der Waals surface area contributed by atoms with E-state index in [9.17, 15) is 0 Å². The number of benzene rings is 2. The molecule has 34 heavy (non-hydrogen) atoms. The number of hydrogen-bond acceptors (Lipinski definition) is 9. The van der Waals surface area contributed by atoms with Crippen molar-refractivity contribution in [3.8, 4) is 28.6 Å². The Hall–Kier alpha value is -3.05. The molecule has 0 unspecified atom stereocenters. The van der Waals surface area contributed by atoms with Gasteiger partial charge in [-0.1, -0.05) is 28.9 Å². The Morgan fingerprint density at radius 3 is 2.53 bits per heavy atom. The van der Waals surface area contributed by atoms with Crippen molar-refractivity contribution in [3.63, 3.8) is 0 Å². The lowest BCUT2D eigenvalue weighted by Crippen LogP contribution is -2.46. The second kappa shape index (κ2) is 10.1. The molecule has 9 nitrogen and oxygen atoms in total. The maximum atomic E-state index is 5.95. The number of piperazine rings is 1. The van der Waals surface area contributed by atoms with Gasteiger partial charge in [0, 0.05) is 36.8 Å². The number of ether oxygens (including phenoxy) is 1. The van der Waals surface area contributed by atoms with E-state index in [-0.39, 0.29) is 0 Å². The molecule has 1 aliphatic rings. The Morgan fingerprint density at radius 2 is 1.76 bits per heavy atom. The maximum Gasteiger partial charge on any atom is 0.288 e. The van der Waals surface area contributed by atoms with Crippen molar-refractivity contribution in [2.45, 2.75) is 13.2 Å². The smallest absolute Gasteiger partial charge is 0.288 e. The summed E-state index contributed by atoms with van der Waals surface area (Å²) in [5, 5.41) is 9.34. The molecule has 1 fully saturated rings. The number of para-hydroxylation sites is 1. The van der Waals surface area contributed by atoms with E-state index in [0.717, 1.165) is 37.3 Å². The zero-order chi connectivity index (χ0) is 23.5. The van der Waals surface area contributed by atoms with E-state index in [1.165, 1.54) is 0 Å². The summed E-state index contributed by atoms with van der Waals surface area (Å²) in [6, 6.07) is 15.0. The zero-order valence-corrected chi connectivity index (χ0v) is 20.1. The number of rotatable bonds is 7. The van der Waals surface area contributed by atoms with Gasteiger partial charge in [0.2, 0.25) is 11.7 Å². The summed E-state index contributed by atoms with van der Waals surface area (Å²) in [4.78, 5) is 9.43. The van der Waals surface area contributed by atoms with Crippen LogP contribution in [-0.4, -0.2) is 63.0 Å². The van der Waals surface area contributed by atoms with Gasteiger partial charge in [0.1, 0.15) is 5.75 Å². The molecule has 11 heteroatoms. The minimum atomic E-state index is 0.337. The van der Waals surface area contributed by atoms with Gasteiger partial charge in [-0.3, -0.25) is 9.80 Å². The molecule has 2 aromatic heterocycles. The summed E-state index contributed by atoms with van der Waals surface area (Å²) < 4.78 is 18.3. The van der Waals surface area contributed by atoms with E-state index in [2.05, 4.69) is 25.0 Å².